The van der Waals surface area contributed by atoms with Crippen molar-refractivity contribution in [2.75, 3.05) is 0 Å². The predicted octanol–water partition coefficient (Wildman–Crippen LogP) is 10.9. The van der Waals surface area contributed by atoms with Crippen LogP contribution in [0.5, 0.6) is 0 Å². The van der Waals surface area contributed by atoms with E-state index in [1.54, 1.807) is 6.20 Å². The van der Waals surface area contributed by atoms with Gasteiger partial charge < -0.3 is 8.98 Å². The maximum atomic E-state index is 6.50. The molecule has 0 bridgehead atoms. The van der Waals surface area contributed by atoms with Crippen LogP contribution in [0.3, 0.4) is 0 Å². The highest BCUT2D eigenvalue weighted by molar-refractivity contribution is 6.17. The van der Waals surface area contributed by atoms with E-state index in [1.165, 1.54) is 10.8 Å². The van der Waals surface area contributed by atoms with E-state index in [1.807, 2.05) is 66.7 Å². The average Bonchev–Trinajstić information content (AvgIpc) is 3.72. The molecule has 10 aromatic rings. The first-order valence-corrected chi connectivity index (χ1v) is 16.6. The van der Waals surface area contributed by atoms with E-state index in [2.05, 4.69) is 101 Å². The van der Waals surface area contributed by atoms with Gasteiger partial charge in [0.25, 0.3) is 0 Å². The molecule has 10 rings (SSSR count). The van der Waals surface area contributed by atoms with E-state index in [4.69, 9.17) is 19.4 Å². The molecule has 234 valence electrons. The molecule has 4 heterocycles. The molecule has 0 radical (unpaired) electrons. The summed E-state index contributed by atoms with van der Waals surface area (Å²) >= 11 is 0. The highest BCUT2D eigenvalue weighted by atomic mass is 16.3. The van der Waals surface area contributed by atoms with Crippen molar-refractivity contribution in [3.63, 3.8) is 0 Å². The number of aromatic nitrogens is 5. The number of nitrogens with zero attached hydrogens (tertiary/aromatic N) is 5. The predicted molar refractivity (Wildman–Crippen MR) is 201 cm³/mol. The summed E-state index contributed by atoms with van der Waals surface area (Å²) in [5, 5.41) is 4.41. The maximum Gasteiger partial charge on any atom is 0.182 e. The van der Waals surface area contributed by atoms with E-state index in [-0.39, 0.29) is 0 Å². The summed E-state index contributed by atoms with van der Waals surface area (Å²) in [6.07, 6.45) is 1.76. The molecule has 4 aromatic heterocycles. The molecule has 0 unspecified atom stereocenters. The smallest absolute Gasteiger partial charge is 0.182 e. The maximum absolute atomic E-state index is 6.50. The minimum Gasteiger partial charge on any atom is -0.456 e. The van der Waals surface area contributed by atoms with Gasteiger partial charge in [-0.2, -0.15) is 0 Å². The van der Waals surface area contributed by atoms with Crippen molar-refractivity contribution in [1.29, 1.82) is 0 Å². The van der Waals surface area contributed by atoms with Gasteiger partial charge in [0.05, 0.1) is 11.0 Å². The van der Waals surface area contributed by atoms with Gasteiger partial charge in [-0.1, -0.05) is 91.0 Å². The van der Waals surface area contributed by atoms with Gasteiger partial charge in [-0.05, 0) is 71.8 Å². The summed E-state index contributed by atoms with van der Waals surface area (Å²) in [5.74, 6) is 1.67. The van der Waals surface area contributed by atoms with Gasteiger partial charge in [-0.25, -0.2) is 15.0 Å². The first kappa shape index (κ1) is 28.1. The van der Waals surface area contributed by atoms with Gasteiger partial charge in [-0.15, -0.1) is 0 Å². The molecular formula is C44H27N5O. The molecule has 0 aliphatic heterocycles. The fourth-order valence-corrected chi connectivity index (χ4v) is 6.95. The molecule has 0 saturated carbocycles. The van der Waals surface area contributed by atoms with Gasteiger partial charge >= 0.3 is 0 Å². The Morgan fingerprint density at radius 1 is 0.400 bits per heavy atom. The van der Waals surface area contributed by atoms with Crippen molar-refractivity contribution in [2.24, 2.45) is 0 Å². The second-order valence-corrected chi connectivity index (χ2v) is 12.3. The van der Waals surface area contributed by atoms with Crippen LogP contribution in [0.25, 0.3) is 94.9 Å². The van der Waals surface area contributed by atoms with E-state index in [0.717, 1.165) is 60.9 Å². The Balaban J connectivity index is 1.16. The fourth-order valence-electron chi connectivity index (χ4n) is 6.95. The van der Waals surface area contributed by atoms with Crippen LogP contribution in [0.2, 0.25) is 0 Å². The van der Waals surface area contributed by atoms with E-state index in [0.29, 0.717) is 23.2 Å². The molecule has 6 nitrogen and oxygen atoms in total. The van der Waals surface area contributed by atoms with Crippen molar-refractivity contribution in [2.45, 2.75) is 0 Å². The quantitative estimate of drug-likeness (QED) is 0.187. The van der Waals surface area contributed by atoms with Crippen LogP contribution in [0.1, 0.15) is 0 Å². The minimum atomic E-state index is 0.517. The van der Waals surface area contributed by atoms with Crippen molar-refractivity contribution in [3.8, 4) is 51.1 Å². The number of hydrogen-bond acceptors (Lipinski definition) is 5. The van der Waals surface area contributed by atoms with Crippen molar-refractivity contribution < 1.29 is 4.42 Å². The van der Waals surface area contributed by atoms with Crippen LogP contribution in [0.15, 0.2) is 168 Å². The lowest BCUT2D eigenvalue weighted by Crippen LogP contribution is -2.01. The molecule has 0 amide bonds. The van der Waals surface area contributed by atoms with Gasteiger partial charge in [0, 0.05) is 50.6 Å². The van der Waals surface area contributed by atoms with Crippen LogP contribution < -0.4 is 0 Å². The average molecular weight is 642 g/mol. The number of para-hydroxylation sites is 2. The number of furan rings is 1. The zero-order valence-corrected chi connectivity index (χ0v) is 26.7. The minimum absolute atomic E-state index is 0.517. The Morgan fingerprint density at radius 3 is 1.90 bits per heavy atom. The summed E-state index contributed by atoms with van der Waals surface area (Å²) in [4.78, 5) is 19.5. The molecule has 0 aliphatic rings. The van der Waals surface area contributed by atoms with Gasteiger partial charge in [-0.3, -0.25) is 4.98 Å². The van der Waals surface area contributed by atoms with Gasteiger partial charge in [0.1, 0.15) is 16.9 Å². The fraction of sp³-hybridized carbons (Fsp3) is 0. The van der Waals surface area contributed by atoms with Crippen LogP contribution in [-0.2, 0) is 0 Å². The third-order valence-electron chi connectivity index (χ3n) is 9.29. The lowest BCUT2D eigenvalue weighted by Gasteiger charge is -2.09. The molecule has 0 saturated heterocycles. The van der Waals surface area contributed by atoms with Crippen molar-refractivity contribution in [3.05, 3.63) is 164 Å². The Bertz CT molecular complexity index is 2860. The summed E-state index contributed by atoms with van der Waals surface area (Å²) in [7, 11) is 0. The second-order valence-electron chi connectivity index (χ2n) is 12.3. The Morgan fingerprint density at radius 2 is 1.08 bits per heavy atom. The topological polar surface area (TPSA) is 69.6 Å². The number of hydrogen-bond donors (Lipinski definition) is 0. The normalized spacial score (nSPS) is 11.6. The summed E-state index contributed by atoms with van der Waals surface area (Å²) < 4.78 is 8.81. The summed E-state index contributed by atoms with van der Waals surface area (Å²) in [6.45, 7) is 0. The Hall–Kier alpha value is -6.92. The second kappa shape index (κ2) is 11.4. The zero-order valence-electron chi connectivity index (χ0n) is 26.7. The number of benzene rings is 6. The first-order valence-electron chi connectivity index (χ1n) is 16.6. The molecule has 6 heteroatoms. The highest BCUT2D eigenvalue weighted by Crippen LogP contribution is 2.39. The summed E-state index contributed by atoms with van der Waals surface area (Å²) in [5.41, 5.74) is 9.68. The summed E-state index contributed by atoms with van der Waals surface area (Å²) in [6, 6.07) is 54.0. The largest absolute Gasteiger partial charge is 0.456 e. The highest BCUT2D eigenvalue weighted by Gasteiger charge is 2.18. The van der Waals surface area contributed by atoms with Crippen LogP contribution in [0.4, 0.5) is 0 Å². The molecular weight excluding hydrogens is 615 g/mol. The molecule has 0 spiro atoms. The Labute approximate surface area is 287 Å². The zero-order chi connectivity index (χ0) is 33.0. The van der Waals surface area contributed by atoms with Gasteiger partial charge in [0.15, 0.2) is 17.5 Å². The van der Waals surface area contributed by atoms with Crippen LogP contribution in [0, 0.1) is 0 Å². The molecule has 6 aromatic carbocycles. The SMILES string of the molecule is c1ccc(-c2cccc(-c3nc(-c4ccc5oc6cc7c(cc6c5c4)c4ccccc4n7-c4ccccc4)nc(-c4ccccn4)n3)c2)cc1. The monoisotopic (exact) mass is 641 g/mol. The third kappa shape index (κ3) is 4.65. The standard InChI is InChI=1S/C44H27N5O/c1-3-12-28(13-4-1)29-14-11-15-30(24-29)42-46-43(48-44(47-42)37-19-9-10-23-45-37)31-21-22-40-35(25-31)36-26-34-33-18-7-8-20-38(33)49(32-16-5-2-6-17-32)39(34)27-41(36)50-40/h1-27H. The van der Waals surface area contributed by atoms with E-state index in [9.17, 15) is 0 Å². The molecule has 0 N–H and O–H groups in total. The third-order valence-corrected chi connectivity index (χ3v) is 9.29. The lowest BCUT2D eigenvalue weighted by atomic mass is 10.0. The molecule has 0 fully saturated rings. The lowest BCUT2D eigenvalue weighted by molar-refractivity contribution is 0.669. The van der Waals surface area contributed by atoms with Crippen molar-refractivity contribution in [1.82, 2.24) is 24.5 Å². The number of rotatable bonds is 5. The number of pyridine rings is 1. The first-order chi connectivity index (χ1) is 24.8. The number of fused-ring (bicyclic) bond motifs is 6. The van der Waals surface area contributed by atoms with Crippen LogP contribution >= 0.6 is 0 Å². The van der Waals surface area contributed by atoms with Crippen LogP contribution in [-0.4, -0.2) is 24.5 Å². The molecule has 0 atom stereocenters. The molecule has 50 heavy (non-hydrogen) atoms. The van der Waals surface area contributed by atoms with E-state index < -0.39 is 0 Å². The molecule has 0 aliphatic carbocycles. The van der Waals surface area contributed by atoms with Gasteiger partial charge in [0.2, 0.25) is 0 Å². The van der Waals surface area contributed by atoms with E-state index >= 15 is 0 Å². The Kier molecular flexibility index (Phi) is 6.39. The van der Waals surface area contributed by atoms with Crippen molar-refractivity contribution >= 4 is 43.7 Å².